The van der Waals surface area contributed by atoms with Crippen molar-refractivity contribution >= 4 is 24.1 Å². The molecule has 0 bridgehead atoms. The van der Waals surface area contributed by atoms with Crippen LogP contribution in [0.2, 0.25) is 0 Å². The molecule has 0 aliphatic carbocycles. The van der Waals surface area contributed by atoms with Crippen LogP contribution in [0.15, 0.2) is 12.3 Å². The van der Waals surface area contributed by atoms with Crippen LogP contribution in [0.4, 0.5) is 0 Å². The minimum absolute atomic E-state index is 0. The number of likely N-dealkylation sites (tertiary alicyclic amines) is 1. The van der Waals surface area contributed by atoms with Crippen molar-refractivity contribution in [2.24, 2.45) is 18.2 Å². The quantitative estimate of drug-likeness (QED) is 0.859. The summed E-state index contributed by atoms with van der Waals surface area (Å²) in [5.41, 5.74) is 6.91. The molecule has 0 spiro atoms. The van der Waals surface area contributed by atoms with Gasteiger partial charge in [-0.1, -0.05) is 6.92 Å². The fourth-order valence-electron chi connectivity index (χ4n) is 2.50. The summed E-state index contributed by atoms with van der Waals surface area (Å²) >= 11 is 0. The molecule has 0 saturated carbocycles. The third-order valence-electron chi connectivity index (χ3n) is 3.97. The van der Waals surface area contributed by atoms with Gasteiger partial charge in [0.05, 0.1) is 0 Å². The number of hydrogen-bond donors (Lipinski definition) is 1. The van der Waals surface area contributed by atoms with E-state index in [0.29, 0.717) is 24.3 Å². The summed E-state index contributed by atoms with van der Waals surface area (Å²) < 4.78 is 1.72. The van der Waals surface area contributed by atoms with Crippen molar-refractivity contribution in [3.05, 3.63) is 23.5 Å². The summed E-state index contributed by atoms with van der Waals surface area (Å²) in [6.45, 7) is 5.61. The molecule has 2 heterocycles. The number of nitrogens with two attached hydrogens (primary N) is 1. The second kappa shape index (κ2) is 5.97. The van der Waals surface area contributed by atoms with Gasteiger partial charge in [0.25, 0.3) is 5.91 Å². The van der Waals surface area contributed by atoms with Crippen molar-refractivity contribution in [3.63, 3.8) is 0 Å². The predicted molar refractivity (Wildman–Crippen MR) is 80.3 cm³/mol. The number of hydrogen-bond acceptors (Lipinski definition) is 3. The Balaban J connectivity index is 0.00000200. The van der Waals surface area contributed by atoms with Gasteiger partial charge in [-0.05, 0) is 31.4 Å². The molecule has 1 aliphatic rings. The highest BCUT2D eigenvalue weighted by Gasteiger charge is 2.35. The summed E-state index contributed by atoms with van der Waals surface area (Å²) in [6, 6.07) is 1.67. The van der Waals surface area contributed by atoms with Crippen LogP contribution in [0.5, 0.6) is 0 Å². The molecule has 2 N–H and O–H groups in total. The molecule has 1 atom stereocenters. The number of rotatable bonds is 3. The number of halogens is 1. The summed E-state index contributed by atoms with van der Waals surface area (Å²) in [7, 11) is 1.79. The zero-order valence-corrected chi connectivity index (χ0v) is 13.0. The molecular weight excluding hydrogens is 278 g/mol. The first-order valence-corrected chi connectivity index (χ1v) is 6.53. The van der Waals surface area contributed by atoms with Crippen LogP contribution in [0, 0.1) is 5.41 Å². The van der Waals surface area contributed by atoms with Crippen LogP contribution in [0.1, 0.15) is 41.1 Å². The summed E-state index contributed by atoms with van der Waals surface area (Å²) in [5.74, 6) is -0.0463. The summed E-state index contributed by atoms with van der Waals surface area (Å²) in [6.07, 6.45) is 2.63. The molecule has 1 saturated heterocycles. The first-order chi connectivity index (χ1) is 8.86. The van der Waals surface area contributed by atoms with E-state index in [1.807, 2.05) is 4.90 Å². The van der Waals surface area contributed by atoms with E-state index in [0.717, 1.165) is 13.0 Å². The van der Waals surface area contributed by atoms with E-state index in [1.165, 1.54) is 6.92 Å². The van der Waals surface area contributed by atoms with Crippen molar-refractivity contribution in [1.82, 2.24) is 9.47 Å². The highest BCUT2D eigenvalue weighted by Crippen LogP contribution is 2.29. The minimum Gasteiger partial charge on any atom is -0.346 e. The molecule has 112 valence electrons. The lowest BCUT2D eigenvalue weighted by Crippen LogP contribution is -2.35. The maximum atomic E-state index is 12.5. The van der Waals surface area contributed by atoms with Gasteiger partial charge in [0.1, 0.15) is 5.69 Å². The zero-order valence-electron chi connectivity index (χ0n) is 12.2. The van der Waals surface area contributed by atoms with Gasteiger partial charge in [0, 0.05) is 31.9 Å². The van der Waals surface area contributed by atoms with E-state index in [2.05, 4.69) is 6.92 Å². The Hall–Kier alpha value is -1.33. The van der Waals surface area contributed by atoms with Crippen LogP contribution < -0.4 is 5.73 Å². The third-order valence-corrected chi connectivity index (χ3v) is 3.97. The molecular formula is C14H22ClN3O2. The Labute approximate surface area is 125 Å². The van der Waals surface area contributed by atoms with Gasteiger partial charge in [0.2, 0.25) is 0 Å². The number of amides is 1. The number of aromatic nitrogens is 1. The number of nitrogens with zero attached hydrogens (tertiary/aromatic N) is 2. The lowest BCUT2D eigenvalue weighted by atomic mass is 9.90. The van der Waals surface area contributed by atoms with E-state index >= 15 is 0 Å². The normalized spacial score (nSPS) is 21.7. The van der Waals surface area contributed by atoms with Crippen molar-refractivity contribution in [2.45, 2.75) is 20.3 Å². The Morgan fingerprint density at radius 2 is 2.10 bits per heavy atom. The lowest BCUT2D eigenvalue weighted by molar-refractivity contribution is 0.0767. The smallest absolute Gasteiger partial charge is 0.270 e. The van der Waals surface area contributed by atoms with Crippen LogP contribution >= 0.6 is 12.4 Å². The van der Waals surface area contributed by atoms with E-state index in [4.69, 9.17) is 5.73 Å². The van der Waals surface area contributed by atoms with E-state index in [9.17, 15) is 9.59 Å². The molecule has 1 aliphatic heterocycles. The van der Waals surface area contributed by atoms with Crippen molar-refractivity contribution in [1.29, 1.82) is 0 Å². The van der Waals surface area contributed by atoms with Crippen molar-refractivity contribution in [2.75, 3.05) is 19.6 Å². The molecule has 1 aromatic heterocycles. The summed E-state index contributed by atoms with van der Waals surface area (Å²) in [4.78, 5) is 25.6. The lowest BCUT2D eigenvalue weighted by Gasteiger charge is -2.22. The Kier molecular flexibility index (Phi) is 5.00. The molecule has 6 heteroatoms. The topological polar surface area (TPSA) is 68.3 Å². The van der Waals surface area contributed by atoms with Gasteiger partial charge >= 0.3 is 0 Å². The Morgan fingerprint density at radius 3 is 2.55 bits per heavy atom. The Bertz CT molecular complexity index is 526. The van der Waals surface area contributed by atoms with Crippen LogP contribution in [0.25, 0.3) is 0 Å². The fourth-order valence-corrected chi connectivity index (χ4v) is 2.50. The minimum atomic E-state index is -0.0251. The van der Waals surface area contributed by atoms with Gasteiger partial charge in [0.15, 0.2) is 5.78 Å². The fraction of sp³-hybridized carbons (Fsp3) is 0.571. The predicted octanol–water partition coefficient (Wildman–Crippen LogP) is 1.46. The molecule has 0 radical (unpaired) electrons. The molecule has 1 unspecified atom stereocenters. The van der Waals surface area contributed by atoms with E-state index in [-0.39, 0.29) is 29.5 Å². The molecule has 1 amide bonds. The first-order valence-electron chi connectivity index (χ1n) is 6.53. The highest BCUT2D eigenvalue weighted by atomic mass is 35.5. The van der Waals surface area contributed by atoms with Gasteiger partial charge in [-0.25, -0.2) is 0 Å². The zero-order chi connectivity index (χ0) is 14.2. The maximum absolute atomic E-state index is 12.5. The van der Waals surface area contributed by atoms with Gasteiger partial charge in [-0.15, -0.1) is 12.4 Å². The largest absolute Gasteiger partial charge is 0.346 e. The Morgan fingerprint density at radius 1 is 1.45 bits per heavy atom. The van der Waals surface area contributed by atoms with Gasteiger partial charge < -0.3 is 15.2 Å². The number of carbonyl (C=O) groups is 2. The first kappa shape index (κ1) is 16.7. The monoisotopic (exact) mass is 299 g/mol. The van der Waals surface area contributed by atoms with Gasteiger partial charge in [-0.2, -0.15) is 0 Å². The van der Waals surface area contributed by atoms with Crippen molar-refractivity contribution < 1.29 is 9.59 Å². The SMILES string of the molecule is CC(=O)c1cc(C(=O)N2CCC(C)(CN)C2)n(C)c1.Cl. The van der Waals surface area contributed by atoms with Crippen LogP contribution in [-0.2, 0) is 7.05 Å². The number of ketones is 1. The van der Waals surface area contributed by atoms with E-state index in [1.54, 1.807) is 23.9 Å². The molecule has 1 aromatic rings. The maximum Gasteiger partial charge on any atom is 0.270 e. The van der Waals surface area contributed by atoms with E-state index < -0.39 is 0 Å². The second-order valence-corrected chi connectivity index (χ2v) is 5.77. The molecule has 2 rings (SSSR count). The highest BCUT2D eigenvalue weighted by molar-refractivity contribution is 5.99. The third kappa shape index (κ3) is 3.04. The van der Waals surface area contributed by atoms with Gasteiger partial charge in [-0.3, -0.25) is 9.59 Å². The number of aryl methyl sites for hydroxylation is 1. The summed E-state index contributed by atoms with van der Waals surface area (Å²) in [5, 5.41) is 0. The number of Topliss-reactive ketones (excluding diaryl/α,β-unsaturated/α-hetero) is 1. The standard InChI is InChI=1S/C14H21N3O2.ClH/c1-10(18)11-6-12(16(3)7-11)13(19)17-5-4-14(2,8-15)9-17;/h6-7H,4-5,8-9,15H2,1-3H3;1H. The molecule has 5 nitrogen and oxygen atoms in total. The molecule has 0 aromatic carbocycles. The molecule has 20 heavy (non-hydrogen) atoms. The van der Waals surface area contributed by atoms with Crippen molar-refractivity contribution in [3.8, 4) is 0 Å². The average molecular weight is 300 g/mol. The van der Waals surface area contributed by atoms with Crippen LogP contribution in [0.3, 0.4) is 0 Å². The second-order valence-electron chi connectivity index (χ2n) is 5.77. The van der Waals surface area contributed by atoms with Crippen LogP contribution in [-0.4, -0.2) is 40.8 Å². The number of carbonyl (C=O) groups excluding carboxylic acids is 2. The average Bonchev–Trinajstić information content (AvgIpc) is 2.93. The molecule has 1 fully saturated rings.